The van der Waals surface area contributed by atoms with Gasteiger partial charge >= 0.3 is 0 Å². The summed E-state index contributed by atoms with van der Waals surface area (Å²) in [6, 6.07) is 7.71. The minimum atomic E-state index is -0.0291. The number of benzene rings is 1. The summed E-state index contributed by atoms with van der Waals surface area (Å²) in [5.41, 5.74) is 1.53. The molecule has 3 rings (SSSR count). The fourth-order valence-electron chi connectivity index (χ4n) is 4.32. The van der Waals surface area contributed by atoms with E-state index in [2.05, 4.69) is 20.5 Å². The number of likely N-dealkylation sites (tertiary alicyclic amines) is 1. The van der Waals surface area contributed by atoms with Gasteiger partial charge in [0.25, 0.3) is 0 Å². The summed E-state index contributed by atoms with van der Waals surface area (Å²) < 4.78 is 5.15. The zero-order chi connectivity index (χ0) is 19.1. The third-order valence-corrected chi connectivity index (χ3v) is 5.92. The molecule has 0 atom stereocenters. The summed E-state index contributed by atoms with van der Waals surface area (Å²) in [5, 5.41) is 6.18. The molecule has 1 aliphatic heterocycles. The second-order valence-electron chi connectivity index (χ2n) is 7.76. The van der Waals surface area contributed by atoms with Crippen LogP contribution in [0.15, 0.2) is 29.3 Å². The van der Waals surface area contributed by atoms with Gasteiger partial charge < -0.3 is 20.3 Å². The summed E-state index contributed by atoms with van der Waals surface area (Å²) in [6.07, 6.45) is 8.01. The maximum Gasteiger partial charge on any atom is 0.239 e. The van der Waals surface area contributed by atoms with Gasteiger partial charge in [0.1, 0.15) is 5.75 Å². The lowest BCUT2D eigenvalue weighted by molar-refractivity contribution is -0.120. The highest BCUT2D eigenvalue weighted by atomic mass is 127. The van der Waals surface area contributed by atoms with Crippen molar-refractivity contribution in [3.8, 4) is 5.75 Å². The van der Waals surface area contributed by atoms with Crippen LogP contribution in [0.25, 0.3) is 0 Å². The molecule has 1 amide bonds. The summed E-state index contributed by atoms with van der Waals surface area (Å²) in [4.78, 5) is 18.9. The number of amides is 1. The molecule has 2 fully saturated rings. The molecule has 1 saturated carbocycles. The molecule has 156 valence electrons. The summed E-state index contributed by atoms with van der Waals surface area (Å²) in [5.74, 6) is 1.63. The number of methoxy groups -OCH3 is 1. The number of guanidine groups is 1. The molecule has 1 aliphatic carbocycles. The van der Waals surface area contributed by atoms with Crippen LogP contribution in [0, 0.1) is 5.41 Å². The number of nitrogens with one attached hydrogen (secondary N) is 2. The van der Waals surface area contributed by atoms with Crippen molar-refractivity contribution in [2.24, 2.45) is 10.4 Å². The normalized spacial score (nSPS) is 18.5. The standard InChI is InChI=1S/C21H32N4O2.HI/c1-22-20(25-13-12-21(16-25)10-4-3-5-11-21)24-15-19(26)23-14-17-6-8-18(27-2)9-7-17;/h6-9H,3-5,10-16H2,1-2H3,(H,22,24)(H,23,26);1H. The maximum atomic E-state index is 12.2. The predicted molar refractivity (Wildman–Crippen MR) is 123 cm³/mol. The van der Waals surface area contributed by atoms with E-state index in [4.69, 9.17) is 4.74 Å². The van der Waals surface area contributed by atoms with Crippen molar-refractivity contribution in [3.63, 3.8) is 0 Å². The quantitative estimate of drug-likeness (QED) is 0.371. The lowest BCUT2D eigenvalue weighted by atomic mass is 9.73. The monoisotopic (exact) mass is 500 g/mol. The van der Waals surface area contributed by atoms with Gasteiger partial charge in [-0.25, -0.2) is 0 Å². The molecular formula is C21H33IN4O2. The molecule has 7 heteroatoms. The van der Waals surface area contributed by atoms with Gasteiger partial charge in [0.2, 0.25) is 5.91 Å². The second-order valence-corrected chi connectivity index (χ2v) is 7.76. The van der Waals surface area contributed by atoms with E-state index < -0.39 is 0 Å². The molecule has 1 saturated heterocycles. The Labute approximate surface area is 185 Å². The van der Waals surface area contributed by atoms with E-state index in [0.29, 0.717) is 12.0 Å². The Balaban J connectivity index is 0.00000280. The van der Waals surface area contributed by atoms with E-state index >= 15 is 0 Å². The number of halogens is 1. The maximum absolute atomic E-state index is 12.2. The van der Waals surface area contributed by atoms with E-state index in [-0.39, 0.29) is 36.4 Å². The molecule has 0 unspecified atom stereocenters. The Bertz CT molecular complexity index is 657. The average Bonchev–Trinajstić information content (AvgIpc) is 3.10. The summed E-state index contributed by atoms with van der Waals surface area (Å²) in [7, 11) is 3.44. The first kappa shape index (κ1) is 22.8. The molecule has 2 N–H and O–H groups in total. The number of aliphatic imine (C=N–C) groups is 1. The van der Waals surface area contributed by atoms with Crippen molar-refractivity contribution in [2.45, 2.75) is 45.1 Å². The minimum absolute atomic E-state index is 0. The number of ether oxygens (including phenoxy) is 1. The van der Waals surface area contributed by atoms with Gasteiger partial charge in [0.05, 0.1) is 13.7 Å². The molecule has 1 spiro atoms. The largest absolute Gasteiger partial charge is 0.497 e. The van der Waals surface area contributed by atoms with Gasteiger partial charge in [0.15, 0.2) is 5.96 Å². The highest BCUT2D eigenvalue weighted by Crippen LogP contribution is 2.43. The van der Waals surface area contributed by atoms with Crippen LogP contribution in [-0.4, -0.2) is 50.6 Å². The highest BCUT2D eigenvalue weighted by molar-refractivity contribution is 14.0. The van der Waals surface area contributed by atoms with E-state index in [0.717, 1.165) is 30.4 Å². The highest BCUT2D eigenvalue weighted by Gasteiger charge is 2.39. The smallest absolute Gasteiger partial charge is 0.239 e. The van der Waals surface area contributed by atoms with E-state index in [1.165, 1.54) is 38.5 Å². The second kappa shape index (κ2) is 10.9. The van der Waals surface area contributed by atoms with Gasteiger partial charge in [-0.15, -0.1) is 24.0 Å². The number of rotatable bonds is 5. The first-order valence-corrected chi connectivity index (χ1v) is 9.99. The van der Waals surface area contributed by atoms with Crippen LogP contribution in [0.3, 0.4) is 0 Å². The van der Waals surface area contributed by atoms with Crippen molar-refractivity contribution < 1.29 is 9.53 Å². The fourth-order valence-corrected chi connectivity index (χ4v) is 4.32. The molecule has 1 heterocycles. The third kappa shape index (κ3) is 5.99. The summed E-state index contributed by atoms with van der Waals surface area (Å²) in [6.45, 7) is 2.86. The molecule has 2 aliphatic rings. The molecule has 0 aromatic heterocycles. The van der Waals surface area contributed by atoms with E-state index in [1.54, 1.807) is 14.2 Å². The fraction of sp³-hybridized carbons (Fsp3) is 0.619. The van der Waals surface area contributed by atoms with Crippen LogP contribution >= 0.6 is 24.0 Å². The van der Waals surface area contributed by atoms with Crippen molar-refractivity contribution in [2.75, 3.05) is 33.8 Å². The molecule has 0 radical (unpaired) electrons. The van der Waals surface area contributed by atoms with Crippen molar-refractivity contribution in [3.05, 3.63) is 29.8 Å². The molecular weight excluding hydrogens is 467 g/mol. The van der Waals surface area contributed by atoms with Crippen LogP contribution in [0.2, 0.25) is 0 Å². The Morgan fingerprint density at radius 1 is 1.14 bits per heavy atom. The first-order valence-electron chi connectivity index (χ1n) is 9.99. The van der Waals surface area contributed by atoms with Gasteiger partial charge in [-0.05, 0) is 42.4 Å². The lowest BCUT2D eigenvalue weighted by Gasteiger charge is -2.33. The number of nitrogens with zero attached hydrogens (tertiary/aromatic N) is 2. The van der Waals surface area contributed by atoms with Gasteiger partial charge in [0, 0.05) is 26.7 Å². The first-order chi connectivity index (χ1) is 13.1. The number of hydrogen-bond acceptors (Lipinski definition) is 3. The number of hydrogen-bond donors (Lipinski definition) is 2. The van der Waals surface area contributed by atoms with E-state index in [9.17, 15) is 4.79 Å². The summed E-state index contributed by atoms with van der Waals surface area (Å²) >= 11 is 0. The Kier molecular flexibility index (Phi) is 8.85. The van der Waals surface area contributed by atoms with E-state index in [1.807, 2.05) is 24.3 Å². The SMILES string of the molecule is CN=C(NCC(=O)NCc1ccc(OC)cc1)N1CCC2(CCCCC2)C1.I. The Hall–Kier alpha value is -1.51. The predicted octanol–water partition coefficient (Wildman–Crippen LogP) is 3.16. The van der Waals surface area contributed by atoms with Crippen LogP contribution in [-0.2, 0) is 11.3 Å². The molecule has 0 bridgehead atoms. The zero-order valence-electron chi connectivity index (χ0n) is 17.0. The topological polar surface area (TPSA) is 66.0 Å². The van der Waals surface area contributed by atoms with Crippen LogP contribution in [0.1, 0.15) is 44.1 Å². The molecule has 1 aromatic carbocycles. The number of carbonyl (C=O) groups excluding carboxylic acids is 1. The van der Waals surface area contributed by atoms with Crippen LogP contribution < -0.4 is 15.4 Å². The van der Waals surface area contributed by atoms with Gasteiger partial charge in [-0.3, -0.25) is 9.79 Å². The Morgan fingerprint density at radius 2 is 1.86 bits per heavy atom. The minimum Gasteiger partial charge on any atom is -0.497 e. The molecule has 1 aromatic rings. The Morgan fingerprint density at radius 3 is 2.50 bits per heavy atom. The number of carbonyl (C=O) groups is 1. The lowest BCUT2D eigenvalue weighted by Crippen LogP contribution is -2.45. The van der Waals surface area contributed by atoms with Gasteiger partial charge in [-0.1, -0.05) is 31.4 Å². The zero-order valence-corrected chi connectivity index (χ0v) is 19.3. The van der Waals surface area contributed by atoms with Crippen molar-refractivity contribution >= 4 is 35.8 Å². The molecule has 28 heavy (non-hydrogen) atoms. The molecule has 6 nitrogen and oxygen atoms in total. The third-order valence-electron chi connectivity index (χ3n) is 5.92. The van der Waals surface area contributed by atoms with Crippen molar-refractivity contribution in [1.82, 2.24) is 15.5 Å². The van der Waals surface area contributed by atoms with Crippen molar-refractivity contribution in [1.29, 1.82) is 0 Å². The van der Waals surface area contributed by atoms with Gasteiger partial charge in [-0.2, -0.15) is 0 Å². The van der Waals surface area contributed by atoms with Crippen LogP contribution in [0.5, 0.6) is 5.75 Å². The average molecular weight is 500 g/mol. The van der Waals surface area contributed by atoms with Crippen LogP contribution in [0.4, 0.5) is 0 Å².